The Balaban J connectivity index is 1.47. The normalized spacial score (nSPS) is 35.7. The summed E-state index contributed by atoms with van der Waals surface area (Å²) < 4.78 is 10.8. The molecule has 6 nitrogen and oxygen atoms in total. The first-order chi connectivity index (χ1) is 9.94. The number of nitrogens with one attached hydrogen (secondary N) is 1. The highest BCUT2D eigenvalue weighted by Crippen LogP contribution is 2.41. The molecule has 4 atom stereocenters. The van der Waals surface area contributed by atoms with Gasteiger partial charge in [0.15, 0.2) is 6.29 Å². The minimum atomic E-state index is -0.387. The first kappa shape index (κ1) is 15.6. The Hall–Kier alpha value is -0.340. The SMILES string of the molecule is COC1CC([C@@H]2CSC3(CN(C(=O)[C@@H](N)C(C)C)C3)N2)O1. The van der Waals surface area contributed by atoms with Crippen molar-refractivity contribution in [1.82, 2.24) is 10.2 Å². The maximum atomic E-state index is 12.2. The van der Waals surface area contributed by atoms with Gasteiger partial charge in [0.25, 0.3) is 0 Å². The van der Waals surface area contributed by atoms with Crippen LogP contribution in [-0.2, 0) is 14.3 Å². The molecular formula is C14H25N3O3S. The fourth-order valence-electron chi connectivity index (χ4n) is 3.06. The van der Waals surface area contributed by atoms with E-state index in [0.717, 1.165) is 25.3 Å². The Labute approximate surface area is 130 Å². The molecule has 0 saturated carbocycles. The Morgan fingerprint density at radius 1 is 1.52 bits per heavy atom. The van der Waals surface area contributed by atoms with Gasteiger partial charge in [-0.15, -0.1) is 11.8 Å². The smallest absolute Gasteiger partial charge is 0.239 e. The molecule has 3 fully saturated rings. The standard InChI is InChI=1S/C14H25N3O3S/c1-8(2)12(15)13(18)17-6-14(7-17)16-9(5-21-14)10-4-11(19-3)20-10/h8-12,16H,4-7,15H2,1-3H3/t9-,10?,11?,12-/m0/s1. The molecule has 0 radical (unpaired) electrons. The molecule has 1 spiro atoms. The lowest BCUT2D eigenvalue weighted by Crippen LogP contribution is -2.70. The number of rotatable bonds is 4. The zero-order chi connectivity index (χ0) is 15.2. The van der Waals surface area contributed by atoms with Crippen LogP contribution in [0.25, 0.3) is 0 Å². The van der Waals surface area contributed by atoms with Gasteiger partial charge in [0, 0.05) is 25.3 Å². The second-order valence-corrected chi connectivity index (χ2v) is 8.00. The third kappa shape index (κ3) is 2.82. The molecule has 3 saturated heterocycles. The molecule has 0 aromatic rings. The number of carbonyl (C=O) groups is 1. The number of amides is 1. The molecule has 120 valence electrons. The summed E-state index contributed by atoms with van der Waals surface area (Å²) in [5.41, 5.74) is 5.94. The quantitative estimate of drug-likeness (QED) is 0.759. The lowest BCUT2D eigenvalue weighted by atomic mass is 9.98. The number of likely N-dealkylation sites (tertiary alicyclic amines) is 1. The Kier molecular flexibility index (Phi) is 4.22. The van der Waals surface area contributed by atoms with Crippen LogP contribution in [0, 0.1) is 5.92 Å². The van der Waals surface area contributed by atoms with Crippen LogP contribution in [0.1, 0.15) is 20.3 Å². The van der Waals surface area contributed by atoms with Crippen LogP contribution in [0.4, 0.5) is 0 Å². The zero-order valence-corrected chi connectivity index (χ0v) is 13.7. The highest BCUT2D eigenvalue weighted by molar-refractivity contribution is 8.01. The molecule has 0 aromatic heterocycles. The Morgan fingerprint density at radius 3 is 2.76 bits per heavy atom. The van der Waals surface area contributed by atoms with Crippen LogP contribution in [-0.4, -0.2) is 66.1 Å². The van der Waals surface area contributed by atoms with Gasteiger partial charge >= 0.3 is 0 Å². The number of nitrogens with two attached hydrogens (primary N) is 1. The zero-order valence-electron chi connectivity index (χ0n) is 12.9. The van der Waals surface area contributed by atoms with Gasteiger partial charge in [-0.2, -0.15) is 0 Å². The van der Waals surface area contributed by atoms with Gasteiger partial charge in [-0.1, -0.05) is 13.8 Å². The van der Waals surface area contributed by atoms with Crippen LogP contribution in [0.2, 0.25) is 0 Å². The van der Waals surface area contributed by atoms with Crippen LogP contribution >= 0.6 is 11.8 Å². The molecule has 0 aromatic carbocycles. The van der Waals surface area contributed by atoms with E-state index in [2.05, 4.69) is 5.32 Å². The minimum Gasteiger partial charge on any atom is -0.356 e. The average molecular weight is 315 g/mol. The van der Waals surface area contributed by atoms with Crippen LogP contribution in [0.5, 0.6) is 0 Å². The molecule has 2 unspecified atom stereocenters. The van der Waals surface area contributed by atoms with Crippen molar-refractivity contribution in [1.29, 1.82) is 0 Å². The van der Waals surface area contributed by atoms with Crippen LogP contribution < -0.4 is 11.1 Å². The predicted octanol–water partition coefficient (Wildman–Crippen LogP) is -0.0254. The van der Waals surface area contributed by atoms with Crippen molar-refractivity contribution in [2.45, 2.75) is 49.6 Å². The summed E-state index contributed by atoms with van der Waals surface area (Å²) in [4.78, 5) is 14.1. The van der Waals surface area contributed by atoms with E-state index in [-0.39, 0.29) is 35.1 Å². The van der Waals surface area contributed by atoms with E-state index in [1.807, 2.05) is 30.5 Å². The van der Waals surface area contributed by atoms with E-state index >= 15 is 0 Å². The second-order valence-electron chi connectivity index (χ2n) is 6.60. The predicted molar refractivity (Wildman–Crippen MR) is 81.8 cm³/mol. The van der Waals surface area contributed by atoms with Gasteiger partial charge in [-0.05, 0) is 5.92 Å². The first-order valence-corrected chi connectivity index (χ1v) is 8.57. The number of methoxy groups -OCH3 is 1. The lowest BCUT2D eigenvalue weighted by Gasteiger charge is -2.49. The molecular weight excluding hydrogens is 290 g/mol. The van der Waals surface area contributed by atoms with Gasteiger partial charge in [-0.3, -0.25) is 10.1 Å². The third-order valence-corrected chi connectivity index (χ3v) is 6.11. The number of hydrogen-bond donors (Lipinski definition) is 2. The van der Waals surface area contributed by atoms with Crippen LogP contribution in [0.15, 0.2) is 0 Å². The highest BCUT2D eigenvalue weighted by Gasteiger charge is 2.53. The third-order valence-electron chi connectivity index (χ3n) is 4.66. The molecule has 0 aliphatic carbocycles. The molecule has 7 heteroatoms. The van der Waals surface area contributed by atoms with E-state index in [9.17, 15) is 4.79 Å². The summed E-state index contributed by atoms with van der Waals surface area (Å²) in [6.07, 6.45) is 1.15. The summed E-state index contributed by atoms with van der Waals surface area (Å²) in [6, 6.07) is -0.0283. The van der Waals surface area contributed by atoms with Crippen molar-refractivity contribution in [2.24, 2.45) is 11.7 Å². The van der Waals surface area contributed by atoms with Crippen molar-refractivity contribution >= 4 is 17.7 Å². The Bertz CT molecular complexity index is 408. The summed E-state index contributed by atoms with van der Waals surface area (Å²) in [6.45, 7) is 5.45. The molecule has 3 N–H and O–H groups in total. The molecule has 3 heterocycles. The highest BCUT2D eigenvalue weighted by atomic mass is 32.2. The van der Waals surface area contributed by atoms with Gasteiger partial charge in [-0.25, -0.2) is 0 Å². The van der Waals surface area contributed by atoms with Crippen molar-refractivity contribution in [3.8, 4) is 0 Å². The van der Waals surface area contributed by atoms with Gasteiger partial charge in [0.2, 0.25) is 5.91 Å². The van der Waals surface area contributed by atoms with Gasteiger partial charge < -0.3 is 20.1 Å². The molecule has 3 aliphatic rings. The summed E-state index contributed by atoms with van der Waals surface area (Å²) in [7, 11) is 1.67. The lowest BCUT2D eigenvalue weighted by molar-refractivity contribution is -0.252. The largest absolute Gasteiger partial charge is 0.356 e. The molecule has 3 aliphatic heterocycles. The molecule has 0 bridgehead atoms. The van der Waals surface area contributed by atoms with Gasteiger partial charge in [0.1, 0.15) is 4.87 Å². The van der Waals surface area contributed by atoms with E-state index < -0.39 is 0 Å². The maximum absolute atomic E-state index is 12.2. The number of nitrogens with zero attached hydrogens (tertiary/aromatic N) is 1. The fraction of sp³-hybridized carbons (Fsp3) is 0.929. The van der Waals surface area contributed by atoms with Crippen molar-refractivity contribution in [3.63, 3.8) is 0 Å². The van der Waals surface area contributed by atoms with E-state index in [0.29, 0.717) is 6.04 Å². The first-order valence-electron chi connectivity index (χ1n) is 7.58. The minimum absolute atomic E-state index is 0.0124. The molecule has 3 rings (SSSR count). The summed E-state index contributed by atoms with van der Waals surface area (Å²) in [5, 5.41) is 3.65. The Morgan fingerprint density at radius 2 is 2.19 bits per heavy atom. The van der Waals surface area contributed by atoms with E-state index in [4.69, 9.17) is 15.2 Å². The summed E-state index contributed by atoms with van der Waals surface area (Å²) in [5.74, 6) is 1.28. The number of ether oxygens (including phenoxy) is 2. The fourth-order valence-corrected chi connectivity index (χ4v) is 4.59. The molecule has 21 heavy (non-hydrogen) atoms. The maximum Gasteiger partial charge on any atom is 0.239 e. The topological polar surface area (TPSA) is 76.8 Å². The molecule has 1 amide bonds. The van der Waals surface area contributed by atoms with Crippen LogP contribution in [0.3, 0.4) is 0 Å². The average Bonchev–Trinajstić information content (AvgIpc) is 2.79. The summed E-state index contributed by atoms with van der Waals surface area (Å²) >= 11 is 1.90. The monoisotopic (exact) mass is 315 g/mol. The number of thioether (sulfide) groups is 1. The second kappa shape index (κ2) is 5.70. The van der Waals surface area contributed by atoms with Gasteiger partial charge in [0.05, 0.1) is 25.2 Å². The van der Waals surface area contributed by atoms with Crippen molar-refractivity contribution < 1.29 is 14.3 Å². The van der Waals surface area contributed by atoms with Crippen molar-refractivity contribution in [2.75, 3.05) is 26.0 Å². The number of hydrogen-bond acceptors (Lipinski definition) is 6. The number of carbonyl (C=O) groups excluding carboxylic acids is 1. The van der Waals surface area contributed by atoms with E-state index in [1.165, 1.54) is 0 Å². The van der Waals surface area contributed by atoms with Crippen molar-refractivity contribution in [3.05, 3.63) is 0 Å². The van der Waals surface area contributed by atoms with E-state index in [1.54, 1.807) is 7.11 Å².